The summed E-state index contributed by atoms with van der Waals surface area (Å²) in [5.41, 5.74) is 1.47. The summed E-state index contributed by atoms with van der Waals surface area (Å²) >= 11 is 7.80. The average molecular weight is 451 g/mol. The summed E-state index contributed by atoms with van der Waals surface area (Å²) in [4.78, 5) is 3.27. The molecule has 1 aliphatic heterocycles. The van der Waals surface area contributed by atoms with Gasteiger partial charge in [-0.15, -0.1) is 11.3 Å². The molecule has 0 bridgehead atoms. The monoisotopic (exact) mass is 450 g/mol. The number of piperazine rings is 1. The number of sulfonamides is 1. The predicted molar refractivity (Wildman–Crippen MR) is 118 cm³/mol. The molecule has 0 aliphatic carbocycles. The van der Waals surface area contributed by atoms with Crippen molar-refractivity contribution in [2.45, 2.75) is 24.8 Å². The Hall–Kier alpha value is -1.87. The molecule has 0 spiro atoms. The molecule has 0 unspecified atom stereocenters. The Kier molecular flexibility index (Phi) is 5.70. The second-order valence-electron chi connectivity index (χ2n) is 7.24. The van der Waals surface area contributed by atoms with Crippen molar-refractivity contribution in [2.24, 2.45) is 0 Å². The number of thiophene rings is 1. The van der Waals surface area contributed by atoms with Crippen LogP contribution in [0.15, 0.2) is 52.9 Å². The lowest BCUT2D eigenvalue weighted by atomic mass is 10.2. The van der Waals surface area contributed by atoms with E-state index < -0.39 is 10.0 Å². The molecule has 0 N–H and O–H groups in total. The van der Waals surface area contributed by atoms with Gasteiger partial charge in [-0.3, -0.25) is 4.68 Å². The number of para-hydroxylation sites is 1. The normalized spacial score (nSPS) is 15.9. The zero-order valence-electron chi connectivity index (χ0n) is 16.3. The second kappa shape index (κ2) is 8.10. The van der Waals surface area contributed by atoms with Crippen LogP contribution in [0.2, 0.25) is 5.02 Å². The van der Waals surface area contributed by atoms with Crippen molar-refractivity contribution >= 4 is 38.6 Å². The lowest BCUT2D eigenvalue weighted by Crippen LogP contribution is -2.48. The van der Waals surface area contributed by atoms with Gasteiger partial charge in [0.2, 0.25) is 10.0 Å². The summed E-state index contributed by atoms with van der Waals surface area (Å²) in [7, 11) is -3.65. The molecule has 0 radical (unpaired) electrons. The molecule has 3 heterocycles. The quantitative estimate of drug-likeness (QED) is 0.579. The van der Waals surface area contributed by atoms with Crippen LogP contribution in [0.5, 0.6) is 0 Å². The first-order chi connectivity index (χ1) is 13.9. The highest BCUT2D eigenvalue weighted by atomic mass is 35.5. The Balaban J connectivity index is 1.61. The van der Waals surface area contributed by atoms with Crippen molar-refractivity contribution in [1.82, 2.24) is 14.1 Å². The number of anilines is 1. The third-order valence-electron chi connectivity index (χ3n) is 5.03. The van der Waals surface area contributed by atoms with Crippen LogP contribution in [0.25, 0.3) is 10.6 Å². The van der Waals surface area contributed by atoms with E-state index in [1.165, 1.54) is 11.3 Å². The number of nitrogens with zero attached hydrogens (tertiary/aromatic N) is 4. The molecule has 154 valence electrons. The second-order valence-corrected chi connectivity index (χ2v) is 10.5. The molecular formula is C20H23ClN4O2S2. The van der Waals surface area contributed by atoms with E-state index in [2.05, 4.69) is 10.00 Å². The number of benzene rings is 1. The molecule has 0 amide bonds. The number of halogens is 1. The minimum absolute atomic E-state index is 0.0785. The van der Waals surface area contributed by atoms with E-state index >= 15 is 0 Å². The van der Waals surface area contributed by atoms with Gasteiger partial charge in [0.15, 0.2) is 0 Å². The summed E-state index contributed by atoms with van der Waals surface area (Å²) in [5.74, 6) is 0. The van der Waals surface area contributed by atoms with Crippen LogP contribution in [0.4, 0.5) is 5.69 Å². The molecule has 2 aromatic heterocycles. The summed E-state index contributed by atoms with van der Waals surface area (Å²) < 4.78 is 30.2. The van der Waals surface area contributed by atoms with Gasteiger partial charge >= 0.3 is 0 Å². The lowest BCUT2D eigenvalue weighted by Gasteiger charge is -2.35. The van der Waals surface area contributed by atoms with Crippen molar-refractivity contribution in [3.8, 4) is 10.6 Å². The molecule has 0 atom stereocenters. The smallest absolute Gasteiger partial charge is 0.246 e. The molecule has 1 saturated heterocycles. The number of hydrogen-bond acceptors (Lipinski definition) is 5. The molecular weight excluding hydrogens is 428 g/mol. The first-order valence-corrected chi connectivity index (χ1v) is 12.2. The Morgan fingerprint density at radius 3 is 2.41 bits per heavy atom. The van der Waals surface area contributed by atoms with E-state index in [9.17, 15) is 8.42 Å². The highest BCUT2D eigenvalue weighted by Crippen LogP contribution is 2.33. The third kappa shape index (κ3) is 3.94. The molecule has 1 fully saturated rings. The maximum atomic E-state index is 13.5. The van der Waals surface area contributed by atoms with Gasteiger partial charge in [-0.25, -0.2) is 8.42 Å². The fraction of sp³-hybridized carbons (Fsp3) is 0.350. The van der Waals surface area contributed by atoms with Crippen molar-refractivity contribution < 1.29 is 8.42 Å². The van der Waals surface area contributed by atoms with Gasteiger partial charge < -0.3 is 4.90 Å². The molecule has 3 aromatic rings. The van der Waals surface area contributed by atoms with Crippen LogP contribution in [-0.4, -0.2) is 48.7 Å². The fourth-order valence-electron chi connectivity index (χ4n) is 3.43. The highest BCUT2D eigenvalue weighted by molar-refractivity contribution is 7.89. The molecule has 1 aliphatic rings. The van der Waals surface area contributed by atoms with E-state index in [4.69, 9.17) is 11.6 Å². The number of rotatable bonds is 5. The minimum atomic E-state index is -3.65. The van der Waals surface area contributed by atoms with Crippen LogP contribution in [-0.2, 0) is 10.0 Å². The van der Waals surface area contributed by atoms with E-state index in [-0.39, 0.29) is 10.9 Å². The van der Waals surface area contributed by atoms with Gasteiger partial charge in [0.1, 0.15) is 10.6 Å². The molecule has 9 heteroatoms. The van der Waals surface area contributed by atoms with E-state index in [1.807, 2.05) is 55.6 Å². The van der Waals surface area contributed by atoms with Gasteiger partial charge in [-0.2, -0.15) is 9.40 Å². The zero-order chi connectivity index (χ0) is 20.6. The maximum Gasteiger partial charge on any atom is 0.246 e. The minimum Gasteiger partial charge on any atom is -0.368 e. The van der Waals surface area contributed by atoms with Crippen LogP contribution in [0.3, 0.4) is 0 Å². The van der Waals surface area contributed by atoms with Crippen molar-refractivity contribution in [3.05, 3.63) is 53.0 Å². The third-order valence-corrected chi connectivity index (χ3v) is 8.13. The van der Waals surface area contributed by atoms with Gasteiger partial charge in [-0.1, -0.05) is 29.8 Å². The highest BCUT2D eigenvalue weighted by Gasteiger charge is 2.33. The van der Waals surface area contributed by atoms with E-state index in [1.54, 1.807) is 15.2 Å². The van der Waals surface area contributed by atoms with Crippen LogP contribution < -0.4 is 4.90 Å². The Bertz CT molecular complexity index is 1090. The molecule has 29 heavy (non-hydrogen) atoms. The number of hydrogen-bond donors (Lipinski definition) is 0. The largest absolute Gasteiger partial charge is 0.368 e. The first kappa shape index (κ1) is 20.4. The molecule has 4 rings (SSSR count). The van der Waals surface area contributed by atoms with Gasteiger partial charge in [0.25, 0.3) is 0 Å². The Morgan fingerprint density at radius 2 is 1.79 bits per heavy atom. The summed E-state index contributed by atoms with van der Waals surface area (Å²) in [6.07, 6.45) is 1.66. The van der Waals surface area contributed by atoms with Gasteiger partial charge in [-0.05, 0) is 37.4 Å². The summed E-state index contributed by atoms with van der Waals surface area (Å²) in [6.45, 7) is 5.98. The fourth-order valence-corrected chi connectivity index (χ4v) is 6.03. The zero-order valence-corrected chi connectivity index (χ0v) is 18.7. The van der Waals surface area contributed by atoms with Gasteiger partial charge in [0.05, 0.1) is 15.6 Å². The standard InChI is InChI=1S/C20H23ClN4O2S2/c1-15(2)25-14-19(20(22-25)18-8-5-13-28-18)29(26,27)24-11-9-23(10-12-24)17-7-4-3-6-16(17)21/h3-8,13-15H,9-12H2,1-2H3. The summed E-state index contributed by atoms with van der Waals surface area (Å²) in [6, 6.07) is 11.6. The van der Waals surface area contributed by atoms with Crippen LogP contribution in [0.1, 0.15) is 19.9 Å². The van der Waals surface area contributed by atoms with E-state index in [0.29, 0.717) is 36.9 Å². The van der Waals surface area contributed by atoms with Crippen molar-refractivity contribution in [3.63, 3.8) is 0 Å². The Labute approximate surface area is 180 Å². The summed E-state index contributed by atoms with van der Waals surface area (Å²) in [5, 5.41) is 7.20. The van der Waals surface area contributed by atoms with Gasteiger partial charge in [0, 0.05) is 38.4 Å². The average Bonchev–Trinajstić information content (AvgIpc) is 3.38. The Morgan fingerprint density at radius 1 is 1.07 bits per heavy atom. The first-order valence-electron chi connectivity index (χ1n) is 9.50. The van der Waals surface area contributed by atoms with Crippen molar-refractivity contribution in [1.29, 1.82) is 0 Å². The predicted octanol–water partition coefficient (Wildman–Crippen LogP) is 4.36. The van der Waals surface area contributed by atoms with Crippen LogP contribution in [0, 0.1) is 0 Å². The molecule has 6 nitrogen and oxygen atoms in total. The van der Waals surface area contributed by atoms with Crippen molar-refractivity contribution in [2.75, 3.05) is 31.1 Å². The van der Waals surface area contributed by atoms with Crippen LogP contribution >= 0.6 is 22.9 Å². The lowest BCUT2D eigenvalue weighted by molar-refractivity contribution is 0.385. The van der Waals surface area contributed by atoms with E-state index in [0.717, 1.165) is 10.6 Å². The number of aromatic nitrogens is 2. The maximum absolute atomic E-state index is 13.5. The SMILES string of the molecule is CC(C)n1cc(S(=O)(=O)N2CCN(c3ccccc3Cl)CC2)c(-c2cccs2)n1. The molecule has 1 aromatic carbocycles. The molecule has 0 saturated carbocycles. The topological polar surface area (TPSA) is 58.4 Å².